The first-order valence-corrected chi connectivity index (χ1v) is 4.51. The van der Waals surface area contributed by atoms with Crippen LogP contribution in [0.4, 0.5) is 0 Å². The van der Waals surface area contributed by atoms with Crippen LogP contribution in [0.5, 0.6) is 0 Å². The molecule has 0 saturated carbocycles. The topological polar surface area (TPSA) is 28.7 Å². The number of aromatic nitrogens is 2. The second-order valence-corrected chi connectivity index (χ2v) is 3.51. The molecular formula is C10H10N2S. The third-order valence-corrected chi connectivity index (χ3v) is 2.11. The third kappa shape index (κ3) is 1.75. The number of thiol groups is 1. The molecule has 2 aromatic heterocycles. The van der Waals surface area contributed by atoms with Crippen LogP contribution in [0.25, 0.3) is 11.4 Å². The maximum absolute atomic E-state index is 4.30. The van der Waals surface area contributed by atoms with Crippen molar-refractivity contribution < 1.29 is 0 Å². The van der Waals surface area contributed by atoms with E-state index in [1.165, 1.54) is 5.56 Å². The number of aromatic amines is 1. The van der Waals surface area contributed by atoms with Crippen LogP contribution in [-0.4, -0.2) is 9.97 Å². The highest BCUT2D eigenvalue weighted by molar-refractivity contribution is 7.80. The van der Waals surface area contributed by atoms with Gasteiger partial charge in [0, 0.05) is 17.3 Å². The Morgan fingerprint density at radius 1 is 1.38 bits per heavy atom. The fraction of sp³-hybridized carbons (Fsp3) is 0.100. The molecule has 0 amide bonds. The third-order valence-electron chi connectivity index (χ3n) is 1.86. The molecule has 2 rings (SSSR count). The fourth-order valence-electron chi connectivity index (χ4n) is 1.16. The van der Waals surface area contributed by atoms with Gasteiger partial charge in [-0.25, -0.2) is 0 Å². The number of H-pyrrole nitrogens is 1. The van der Waals surface area contributed by atoms with E-state index in [4.69, 9.17) is 0 Å². The molecule has 0 aliphatic carbocycles. The minimum Gasteiger partial charge on any atom is -0.359 e. The van der Waals surface area contributed by atoms with Crippen molar-refractivity contribution in [2.45, 2.75) is 11.8 Å². The Hall–Kier alpha value is -1.22. The molecular weight excluding hydrogens is 180 g/mol. The average molecular weight is 190 g/mol. The molecule has 0 fully saturated rings. The molecule has 1 N–H and O–H groups in total. The van der Waals surface area contributed by atoms with Crippen LogP contribution >= 0.6 is 12.6 Å². The van der Waals surface area contributed by atoms with Gasteiger partial charge in [0.2, 0.25) is 0 Å². The molecule has 2 heterocycles. The van der Waals surface area contributed by atoms with Gasteiger partial charge in [-0.15, -0.1) is 12.6 Å². The van der Waals surface area contributed by atoms with Crippen LogP contribution in [0, 0.1) is 6.92 Å². The molecule has 0 bridgehead atoms. The van der Waals surface area contributed by atoms with E-state index in [2.05, 4.69) is 22.6 Å². The van der Waals surface area contributed by atoms with Crippen LogP contribution < -0.4 is 0 Å². The van der Waals surface area contributed by atoms with Gasteiger partial charge in [0.05, 0.1) is 11.4 Å². The number of hydrogen-bond acceptors (Lipinski definition) is 2. The SMILES string of the molecule is Cc1ccc(-c2cc(S)c[nH]2)nc1. The first-order chi connectivity index (χ1) is 6.25. The molecule has 0 saturated heterocycles. The van der Waals surface area contributed by atoms with Gasteiger partial charge in [-0.1, -0.05) is 6.07 Å². The summed E-state index contributed by atoms with van der Waals surface area (Å²) in [5.41, 5.74) is 3.12. The predicted molar refractivity (Wildman–Crippen MR) is 56.0 cm³/mol. The molecule has 0 atom stereocenters. The fourth-order valence-corrected chi connectivity index (χ4v) is 1.35. The second kappa shape index (κ2) is 3.26. The summed E-state index contributed by atoms with van der Waals surface area (Å²) in [5, 5.41) is 0. The summed E-state index contributed by atoms with van der Waals surface area (Å²) < 4.78 is 0. The highest BCUT2D eigenvalue weighted by atomic mass is 32.1. The summed E-state index contributed by atoms with van der Waals surface area (Å²) in [7, 11) is 0. The lowest BCUT2D eigenvalue weighted by molar-refractivity contribution is 1.24. The minimum absolute atomic E-state index is 0.928. The lowest BCUT2D eigenvalue weighted by Crippen LogP contribution is -1.82. The lowest BCUT2D eigenvalue weighted by Gasteiger charge is -1.96. The zero-order chi connectivity index (χ0) is 9.26. The Labute approximate surface area is 82.4 Å². The smallest absolute Gasteiger partial charge is 0.0864 e. The first-order valence-electron chi connectivity index (χ1n) is 4.06. The summed E-state index contributed by atoms with van der Waals surface area (Å²) >= 11 is 4.22. The maximum atomic E-state index is 4.30. The van der Waals surface area contributed by atoms with Crippen molar-refractivity contribution in [1.29, 1.82) is 0 Å². The Kier molecular flexibility index (Phi) is 2.10. The summed E-state index contributed by atoms with van der Waals surface area (Å²) in [4.78, 5) is 8.33. The second-order valence-electron chi connectivity index (χ2n) is 2.99. The maximum Gasteiger partial charge on any atom is 0.0864 e. The molecule has 3 heteroatoms. The van der Waals surface area contributed by atoms with Gasteiger partial charge in [0.25, 0.3) is 0 Å². The molecule has 2 aromatic rings. The Morgan fingerprint density at radius 2 is 2.23 bits per heavy atom. The van der Waals surface area contributed by atoms with Gasteiger partial charge in [0.15, 0.2) is 0 Å². The van der Waals surface area contributed by atoms with Gasteiger partial charge >= 0.3 is 0 Å². The van der Waals surface area contributed by atoms with Crippen molar-refractivity contribution in [3.63, 3.8) is 0 Å². The molecule has 13 heavy (non-hydrogen) atoms. The quantitative estimate of drug-likeness (QED) is 0.665. The molecule has 0 aliphatic rings. The van der Waals surface area contributed by atoms with Crippen LogP contribution in [0.3, 0.4) is 0 Å². The zero-order valence-corrected chi connectivity index (χ0v) is 8.18. The van der Waals surface area contributed by atoms with E-state index in [9.17, 15) is 0 Å². The van der Waals surface area contributed by atoms with E-state index in [0.717, 1.165) is 16.3 Å². The van der Waals surface area contributed by atoms with Gasteiger partial charge < -0.3 is 4.98 Å². The van der Waals surface area contributed by atoms with Gasteiger partial charge in [-0.2, -0.15) is 0 Å². The highest BCUT2D eigenvalue weighted by Gasteiger charge is 1.99. The van der Waals surface area contributed by atoms with E-state index in [0.29, 0.717) is 0 Å². The number of aryl methyl sites for hydroxylation is 1. The van der Waals surface area contributed by atoms with Crippen molar-refractivity contribution in [2.75, 3.05) is 0 Å². The number of hydrogen-bond donors (Lipinski definition) is 2. The normalized spacial score (nSPS) is 10.3. The van der Waals surface area contributed by atoms with Crippen molar-refractivity contribution in [2.24, 2.45) is 0 Å². The number of rotatable bonds is 1. The summed E-state index contributed by atoms with van der Waals surface area (Å²) in [6.45, 7) is 2.02. The van der Waals surface area contributed by atoms with Crippen LogP contribution in [0.2, 0.25) is 0 Å². The molecule has 66 valence electrons. The molecule has 0 unspecified atom stereocenters. The van der Waals surface area contributed by atoms with Gasteiger partial charge in [0.1, 0.15) is 0 Å². The highest BCUT2D eigenvalue weighted by Crippen LogP contribution is 2.18. The van der Waals surface area contributed by atoms with Gasteiger partial charge in [-0.05, 0) is 24.6 Å². The molecule has 0 spiro atoms. The number of nitrogens with one attached hydrogen (secondary N) is 1. The molecule has 2 nitrogen and oxygen atoms in total. The molecule has 0 aromatic carbocycles. The van der Waals surface area contributed by atoms with Gasteiger partial charge in [-0.3, -0.25) is 4.98 Å². The van der Waals surface area contributed by atoms with E-state index >= 15 is 0 Å². The standard InChI is InChI=1S/C10H10N2S/c1-7-2-3-9(11-5-7)10-4-8(13)6-12-10/h2-6,12-13H,1H3. The molecule has 0 aliphatic heterocycles. The van der Waals surface area contributed by atoms with Crippen LogP contribution in [0.1, 0.15) is 5.56 Å². The Morgan fingerprint density at radius 3 is 2.77 bits per heavy atom. The van der Waals surface area contributed by atoms with E-state index in [1.54, 1.807) is 0 Å². The van der Waals surface area contributed by atoms with E-state index in [-0.39, 0.29) is 0 Å². The van der Waals surface area contributed by atoms with E-state index < -0.39 is 0 Å². The number of nitrogens with zero attached hydrogens (tertiary/aromatic N) is 1. The summed E-state index contributed by atoms with van der Waals surface area (Å²) in [6, 6.07) is 6.00. The predicted octanol–water partition coefficient (Wildman–Crippen LogP) is 2.67. The van der Waals surface area contributed by atoms with Crippen molar-refractivity contribution >= 4 is 12.6 Å². The lowest BCUT2D eigenvalue weighted by atomic mass is 10.2. The van der Waals surface area contributed by atoms with Crippen molar-refractivity contribution in [1.82, 2.24) is 9.97 Å². The van der Waals surface area contributed by atoms with Crippen molar-refractivity contribution in [3.8, 4) is 11.4 Å². The number of pyridine rings is 1. The van der Waals surface area contributed by atoms with Crippen LogP contribution in [-0.2, 0) is 0 Å². The largest absolute Gasteiger partial charge is 0.359 e. The first kappa shape index (κ1) is 8.38. The van der Waals surface area contributed by atoms with Crippen molar-refractivity contribution in [3.05, 3.63) is 36.2 Å². The Bertz CT molecular complexity index is 403. The average Bonchev–Trinajstić information content (AvgIpc) is 2.53. The summed E-state index contributed by atoms with van der Waals surface area (Å²) in [5.74, 6) is 0. The molecule has 0 radical (unpaired) electrons. The minimum atomic E-state index is 0.928. The summed E-state index contributed by atoms with van der Waals surface area (Å²) in [6.07, 6.45) is 3.70. The van der Waals surface area contributed by atoms with E-state index in [1.807, 2.05) is 37.5 Å². The van der Waals surface area contributed by atoms with Crippen LogP contribution in [0.15, 0.2) is 35.5 Å². The monoisotopic (exact) mass is 190 g/mol. The zero-order valence-electron chi connectivity index (χ0n) is 7.28. The Balaban J connectivity index is 2.41.